The van der Waals surface area contributed by atoms with Gasteiger partial charge in [-0.3, -0.25) is 10.1 Å². The molecule has 0 amide bonds. The number of hydrogen-bond donors (Lipinski definition) is 0. The van der Waals surface area contributed by atoms with Crippen LogP contribution in [0.4, 0.5) is 5.69 Å². The number of pyridine rings is 1. The van der Waals surface area contributed by atoms with Crippen molar-refractivity contribution < 1.29 is 9.65 Å². The highest BCUT2D eigenvalue weighted by molar-refractivity contribution is 7.21. The number of fused-ring (bicyclic) bond motifs is 1. The lowest BCUT2D eigenvalue weighted by molar-refractivity contribution is -0.603. The van der Waals surface area contributed by atoms with Gasteiger partial charge in [-0.05, 0) is 12.1 Å². The van der Waals surface area contributed by atoms with Gasteiger partial charge in [-0.25, -0.2) is 4.98 Å². The fourth-order valence-corrected chi connectivity index (χ4v) is 2.65. The normalized spacial score (nSPS) is 10.7. The van der Waals surface area contributed by atoms with E-state index in [9.17, 15) is 15.3 Å². The van der Waals surface area contributed by atoms with Crippen LogP contribution in [0.15, 0.2) is 42.7 Å². The zero-order chi connectivity index (χ0) is 13.4. The summed E-state index contributed by atoms with van der Waals surface area (Å²) < 4.78 is 1.60. The lowest BCUT2D eigenvalue weighted by Gasteiger charge is -1.94. The number of nitro groups is 1. The first kappa shape index (κ1) is 11.5. The van der Waals surface area contributed by atoms with Crippen molar-refractivity contribution in [2.45, 2.75) is 0 Å². The van der Waals surface area contributed by atoms with Crippen LogP contribution in [0.5, 0.6) is 0 Å². The van der Waals surface area contributed by atoms with Crippen LogP contribution in [-0.2, 0) is 0 Å². The zero-order valence-electron chi connectivity index (χ0n) is 9.52. The fraction of sp³-hybridized carbons (Fsp3) is 0. The molecule has 3 rings (SSSR count). The van der Waals surface area contributed by atoms with Gasteiger partial charge >= 0.3 is 0 Å². The fourth-order valence-electron chi connectivity index (χ4n) is 1.71. The number of aromatic nitrogens is 2. The minimum Gasteiger partial charge on any atom is -0.619 e. The van der Waals surface area contributed by atoms with Crippen molar-refractivity contribution in [2.24, 2.45) is 0 Å². The summed E-state index contributed by atoms with van der Waals surface area (Å²) in [4.78, 5) is 14.5. The first-order valence-electron chi connectivity index (χ1n) is 5.38. The molecule has 19 heavy (non-hydrogen) atoms. The van der Waals surface area contributed by atoms with Crippen LogP contribution in [0.25, 0.3) is 20.8 Å². The van der Waals surface area contributed by atoms with Gasteiger partial charge in [0.2, 0.25) is 6.20 Å². The summed E-state index contributed by atoms with van der Waals surface area (Å²) in [6.45, 7) is 0. The number of rotatable bonds is 2. The number of hydrogen-bond acceptors (Lipinski definition) is 5. The predicted molar refractivity (Wildman–Crippen MR) is 70.7 cm³/mol. The van der Waals surface area contributed by atoms with Gasteiger partial charge in [-0.15, -0.1) is 11.3 Å². The molecule has 0 unspecified atom stereocenters. The maximum Gasteiger partial charge on any atom is 0.269 e. The summed E-state index contributed by atoms with van der Waals surface area (Å²) >= 11 is 1.44. The minimum absolute atomic E-state index is 0.0438. The molecular weight excluding hydrogens is 266 g/mol. The highest BCUT2D eigenvalue weighted by atomic mass is 32.1. The summed E-state index contributed by atoms with van der Waals surface area (Å²) in [6.07, 6.45) is 2.82. The Hall–Kier alpha value is -2.54. The van der Waals surface area contributed by atoms with Crippen molar-refractivity contribution >= 4 is 27.2 Å². The van der Waals surface area contributed by atoms with Crippen molar-refractivity contribution in [3.8, 4) is 10.6 Å². The molecule has 0 aliphatic carbocycles. The van der Waals surface area contributed by atoms with Crippen LogP contribution in [0.3, 0.4) is 0 Å². The smallest absolute Gasteiger partial charge is 0.269 e. The Morgan fingerprint density at radius 1 is 1.21 bits per heavy atom. The third kappa shape index (κ3) is 2.11. The summed E-state index contributed by atoms with van der Waals surface area (Å²) in [5, 5.41) is 22.5. The van der Waals surface area contributed by atoms with E-state index in [0.717, 1.165) is 15.3 Å². The highest BCUT2D eigenvalue weighted by Gasteiger charge is 2.10. The lowest BCUT2D eigenvalue weighted by Crippen LogP contribution is -2.23. The first-order valence-corrected chi connectivity index (χ1v) is 6.19. The quantitative estimate of drug-likeness (QED) is 0.311. The Morgan fingerprint density at radius 2 is 1.95 bits per heavy atom. The van der Waals surface area contributed by atoms with E-state index in [1.54, 1.807) is 18.2 Å². The van der Waals surface area contributed by atoms with Crippen molar-refractivity contribution in [2.75, 3.05) is 0 Å². The summed E-state index contributed by atoms with van der Waals surface area (Å²) in [5.74, 6) is 0. The third-order valence-electron chi connectivity index (χ3n) is 2.63. The van der Waals surface area contributed by atoms with Crippen molar-refractivity contribution in [3.63, 3.8) is 0 Å². The zero-order valence-corrected chi connectivity index (χ0v) is 10.3. The molecule has 0 fully saturated rings. The molecule has 1 aromatic carbocycles. The Bertz CT molecular complexity index is 767. The van der Waals surface area contributed by atoms with E-state index in [1.165, 1.54) is 35.9 Å². The molecule has 0 saturated heterocycles. The second-order valence-corrected chi connectivity index (χ2v) is 4.91. The van der Waals surface area contributed by atoms with E-state index in [4.69, 9.17) is 0 Å². The summed E-state index contributed by atoms with van der Waals surface area (Å²) in [7, 11) is 0. The molecule has 0 spiro atoms. The Balaban J connectivity index is 2.06. The van der Waals surface area contributed by atoms with E-state index in [2.05, 4.69) is 4.98 Å². The highest BCUT2D eigenvalue weighted by Crippen LogP contribution is 2.30. The SMILES string of the molecule is O=[N+]([O-])c1ccc(-c2nc3c[n+]([O-])ccc3s2)cc1. The Morgan fingerprint density at radius 3 is 2.63 bits per heavy atom. The van der Waals surface area contributed by atoms with Gasteiger partial charge in [0.1, 0.15) is 10.5 Å². The van der Waals surface area contributed by atoms with E-state index in [0.29, 0.717) is 10.2 Å². The van der Waals surface area contributed by atoms with Crippen LogP contribution in [-0.4, -0.2) is 9.91 Å². The number of thiazole rings is 1. The molecule has 2 heterocycles. The maximum atomic E-state index is 11.2. The van der Waals surface area contributed by atoms with Gasteiger partial charge in [0.05, 0.1) is 9.62 Å². The first-order chi connectivity index (χ1) is 9.13. The summed E-state index contributed by atoms with van der Waals surface area (Å²) in [6, 6.07) is 7.89. The number of nitro benzene ring substituents is 1. The average Bonchev–Trinajstić information content (AvgIpc) is 2.81. The molecule has 3 aromatic rings. The minimum atomic E-state index is -0.442. The molecule has 2 aromatic heterocycles. The van der Waals surface area contributed by atoms with Gasteiger partial charge in [0.15, 0.2) is 6.20 Å². The van der Waals surface area contributed by atoms with Crippen LogP contribution in [0.1, 0.15) is 0 Å². The molecular formula is C12H7N3O3S. The van der Waals surface area contributed by atoms with Gasteiger partial charge in [0, 0.05) is 23.8 Å². The van der Waals surface area contributed by atoms with E-state index in [1.807, 2.05) is 0 Å². The second kappa shape index (κ2) is 4.29. The maximum absolute atomic E-state index is 11.2. The predicted octanol–water partition coefficient (Wildman–Crippen LogP) is 2.50. The van der Waals surface area contributed by atoms with Gasteiger partial charge < -0.3 is 5.21 Å². The average molecular weight is 273 g/mol. The number of non-ortho nitro benzene ring substituents is 1. The van der Waals surface area contributed by atoms with Gasteiger partial charge in [-0.1, -0.05) is 0 Å². The molecule has 7 heteroatoms. The second-order valence-electron chi connectivity index (χ2n) is 3.88. The third-order valence-corrected chi connectivity index (χ3v) is 3.71. The number of benzene rings is 1. The molecule has 0 bridgehead atoms. The van der Waals surface area contributed by atoms with Crippen molar-refractivity contribution in [3.05, 3.63) is 58.0 Å². The molecule has 0 aliphatic rings. The Labute approximate surface area is 111 Å². The monoisotopic (exact) mass is 273 g/mol. The topological polar surface area (TPSA) is 83.0 Å². The van der Waals surface area contributed by atoms with Crippen LogP contribution < -0.4 is 4.73 Å². The van der Waals surface area contributed by atoms with Crippen molar-refractivity contribution in [1.82, 2.24) is 4.98 Å². The van der Waals surface area contributed by atoms with Crippen LogP contribution in [0.2, 0.25) is 0 Å². The molecule has 0 saturated carbocycles. The van der Waals surface area contributed by atoms with E-state index in [-0.39, 0.29) is 5.69 Å². The largest absolute Gasteiger partial charge is 0.619 e. The molecule has 94 valence electrons. The van der Waals surface area contributed by atoms with Gasteiger partial charge in [0.25, 0.3) is 5.69 Å². The standard InChI is InChI=1S/C12H7N3O3S/c16-14-6-5-11-10(7-14)13-12(19-11)8-1-3-9(4-2-8)15(17)18/h1-7H. The molecule has 0 N–H and O–H groups in total. The van der Waals surface area contributed by atoms with Crippen molar-refractivity contribution in [1.29, 1.82) is 0 Å². The molecule has 6 nitrogen and oxygen atoms in total. The lowest BCUT2D eigenvalue weighted by atomic mass is 10.2. The van der Waals surface area contributed by atoms with Crippen LogP contribution >= 0.6 is 11.3 Å². The van der Waals surface area contributed by atoms with E-state index >= 15 is 0 Å². The van der Waals surface area contributed by atoms with Crippen LogP contribution in [0, 0.1) is 15.3 Å². The molecule has 0 aliphatic heterocycles. The summed E-state index contributed by atoms with van der Waals surface area (Å²) in [5.41, 5.74) is 1.46. The number of nitrogens with zero attached hydrogens (tertiary/aromatic N) is 3. The van der Waals surface area contributed by atoms with Gasteiger partial charge in [-0.2, -0.15) is 4.73 Å². The molecule has 0 atom stereocenters. The Kier molecular flexibility index (Phi) is 2.60. The van der Waals surface area contributed by atoms with E-state index < -0.39 is 4.92 Å². The molecule has 0 radical (unpaired) electrons.